The summed E-state index contributed by atoms with van der Waals surface area (Å²) in [6, 6.07) is 13.4. The van der Waals surface area contributed by atoms with Crippen LogP contribution in [0.1, 0.15) is 18.4 Å². The van der Waals surface area contributed by atoms with E-state index in [1.165, 1.54) is 18.2 Å². The van der Waals surface area contributed by atoms with E-state index in [0.717, 1.165) is 25.2 Å². The van der Waals surface area contributed by atoms with Gasteiger partial charge in [-0.1, -0.05) is 0 Å². The minimum atomic E-state index is -0.512. The number of ether oxygens (including phenoxy) is 2. The topological polar surface area (TPSA) is 97.4 Å². The van der Waals surface area contributed by atoms with Gasteiger partial charge in [0.1, 0.15) is 18.0 Å². The van der Waals surface area contributed by atoms with Gasteiger partial charge >= 0.3 is 0 Å². The molecule has 1 aliphatic heterocycles. The van der Waals surface area contributed by atoms with Crippen LogP contribution in [0.25, 0.3) is 0 Å². The second-order valence-corrected chi connectivity index (χ2v) is 5.70. The van der Waals surface area contributed by atoms with Crippen molar-refractivity contribution in [2.24, 2.45) is 0 Å². The van der Waals surface area contributed by atoms with Crippen molar-refractivity contribution in [1.82, 2.24) is 0 Å². The molecule has 1 fully saturated rings. The highest BCUT2D eigenvalue weighted by molar-refractivity contribution is 5.71. The minimum absolute atomic E-state index is 0.141. The van der Waals surface area contributed by atoms with Gasteiger partial charge in [-0.3, -0.25) is 10.1 Å². The summed E-state index contributed by atoms with van der Waals surface area (Å²) in [5, 5.41) is 23.0. The Bertz CT molecular complexity index is 793. The summed E-state index contributed by atoms with van der Waals surface area (Å²) < 4.78 is 11.2. The molecule has 1 unspecified atom stereocenters. The number of nitrogens with one attached hydrogen (secondary N) is 1. The number of anilines is 2. The first kappa shape index (κ1) is 16.7. The van der Waals surface area contributed by atoms with E-state index >= 15 is 0 Å². The monoisotopic (exact) mass is 339 g/mol. The van der Waals surface area contributed by atoms with Crippen LogP contribution in [0.4, 0.5) is 17.1 Å². The van der Waals surface area contributed by atoms with E-state index in [2.05, 4.69) is 5.32 Å². The van der Waals surface area contributed by atoms with Gasteiger partial charge in [-0.15, -0.1) is 0 Å². The summed E-state index contributed by atoms with van der Waals surface area (Å²) in [5.41, 5.74) is 1.13. The van der Waals surface area contributed by atoms with Crippen LogP contribution in [0.15, 0.2) is 42.5 Å². The molecule has 0 aromatic heterocycles. The summed E-state index contributed by atoms with van der Waals surface area (Å²) >= 11 is 0. The maximum Gasteiger partial charge on any atom is 0.293 e. The van der Waals surface area contributed by atoms with Gasteiger partial charge in [0.15, 0.2) is 0 Å². The third kappa shape index (κ3) is 4.25. The highest BCUT2D eigenvalue weighted by atomic mass is 16.6. The van der Waals surface area contributed by atoms with Crippen molar-refractivity contribution in [2.75, 3.05) is 18.5 Å². The van der Waals surface area contributed by atoms with E-state index in [9.17, 15) is 10.1 Å². The van der Waals surface area contributed by atoms with E-state index in [1.807, 2.05) is 6.07 Å². The smallest absolute Gasteiger partial charge is 0.293 e. The van der Waals surface area contributed by atoms with Gasteiger partial charge in [-0.25, -0.2) is 0 Å². The summed E-state index contributed by atoms with van der Waals surface area (Å²) in [6.45, 7) is 1.31. The van der Waals surface area contributed by atoms with Gasteiger partial charge in [0.05, 0.1) is 22.7 Å². The summed E-state index contributed by atoms with van der Waals surface area (Å²) in [4.78, 5) is 10.7. The van der Waals surface area contributed by atoms with Gasteiger partial charge in [0.25, 0.3) is 5.69 Å². The molecule has 2 aromatic rings. The number of benzene rings is 2. The van der Waals surface area contributed by atoms with Crippen LogP contribution in [0.2, 0.25) is 0 Å². The first-order valence-corrected chi connectivity index (χ1v) is 7.96. The molecular formula is C18H17N3O4. The predicted molar refractivity (Wildman–Crippen MR) is 92.0 cm³/mol. The fraction of sp³-hybridized carbons (Fsp3) is 0.278. The summed E-state index contributed by atoms with van der Waals surface area (Å²) in [5.74, 6) is 0.718. The Morgan fingerprint density at radius 2 is 2.12 bits per heavy atom. The van der Waals surface area contributed by atoms with E-state index in [-0.39, 0.29) is 17.4 Å². The van der Waals surface area contributed by atoms with Crippen LogP contribution in [-0.4, -0.2) is 24.2 Å². The molecule has 0 bridgehead atoms. The Labute approximate surface area is 144 Å². The van der Waals surface area contributed by atoms with Crippen molar-refractivity contribution in [1.29, 1.82) is 5.26 Å². The molecule has 1 atom stereocenters. The van der Waals surface area contributed by atoms with Gasteiger partial charge in [0, 0.05) is 18.4 Å². The number of nitro benzene ring substituents is 1. The highest BCUT2D eigenvalue weighted by Crippen LogP contribution is 2.29. The second kappa shape index (κ2) is 7.64. The van der Waals surface area contributed by atoms with Crippen molar-refractivity contribution in [3.8, 4) is 11.8 Å². The molecule has 0 saturated carbocycles. The molecule has 0 spiro atoms. The molecule has 1 saturated heterocycles. The van der Waals surface area contributed by atoms with E-state index in [1.54, 1.807) is 24.3 Å². The Hall–Kier alpha value is -3.11. The van der Waals surface area contributed by atoms with Gasteiger partial charge in [0.2, 0.25) is 0 Å². The molecule has 7 heteroatoms. The fourth-order valence-electron chi connectivity index (χ4n) is 2.61. The molecule has 2 aromatic carbocycles. The highest BCUT2D eigenvalue weighted by Gasteiger charge is 2.16. The van der Waals surface area contributed by atoms with Crippen LogP contribution < -0.4 is 10.1 Å². The third-order valence-corrected chi connectivity index (χ3v) is 3.92. The number of nitrogens with zero attached hydrogens (tertiary/aromatic N) is 2. The average Bonchev–Trinajstić information content (AvgIpc) is 3.15. The first-order chi connectivity index (χ1) is 12.2. The van der Waals surface area contributed by atoms with Gasteiger partial charge in [-0.05, 0) is 49.2 Å². The van der Waals surface area contributed by atoms with Crippen molar-refractivity contribution < 1.29 is 14.4 Å². The summed E-state index contributed by atoms with van der Waals surface area (Å²) in [6.07, 6.45) is 2.24. The third-order valence-electron chi connectivity index (χ3n) is 3.92. The van der Waals surface area contributed by atoms with Crippen molar-refractivity contribution in [2.45, 2.75) is 18.9 Å². The van der Waals surface area contributed by atoms with Crippen molar-refractivity contribution >= 4 is 17.1 Å². The molecule has 0 amide bonds. The Kier molecular flexibility index (Phi) is 5.11. The Balaban J connectivity index is 1.67. The number of rotatable bonds is 6. The molecule has 0 radical (unpaired) electrons. The van der Waals surface area contributed by atoms with Crippen molar-refractivity contribution in [3.63, 3.8) is 0 Å². The first-order valence-electron chi connectivity index (χ1n) is 7.96. The molecule has 3 rings (SSSR count). The largest absolute Gasteiger partial charge is 0.491 e. The Morgan fingerprint density at radius 1 is 1.32 bits per heavy atom. The van der Waals surface area contributed by atoms with Gasteiger partial charge in [-0.2, -0.15) is 5.26 Å². The van der Waals surface area contributed by atoms with Crippen LogP contribution >= 0.6 is 0 Å². The predicted octanol–water partition coefficient (Wildman–Crippen LogP) is 3.77. The lowest BCUT2D eigenvalue weighted by atomic mass is 10.2. The zero-order valence-electron chi connectivity index (χ0n) is 13.5. The zero-order valence-corrected chi connectivity index (χ0v) is 13.5. The maximum absolute atomic E-state index is 11.2. The molecule has 25 heavy (non-hydrogen) atoms. The van der Waals surface area contributed by atoms with Crippen LogP contribution in [-0.2, 0) is 4.74 Å². The molecule has 1 heterocycles. The van der Waals surface area contributed by atoms with E-state index < -0.39 is 4.92 Å². The standard InChI is InChI=1S/C18H17N3O4/c19-11-13-3-8-17(18(10-13)21(22)23)20-14-4-6-15(7-5-14)25-12-16-2-1-9-24-16/h3-8,10,16,20H,1-2,9,12H2. The number of hydrogen-bond acceptors (Lipinski definition) is 6. The SMILES string of the molecule is N#Cc1ccc(Nc2ccc(OCC3CCCO3)cc2)c([N+](=O)[O-])c1. The average molecular weight is 339 g/mol. The van der Waals surface area contributed by atoms with E-state index in [4.69, 9.17) is 14.7 Å². The molecule has 1 N–H and O–H groups in total. The second-order valence-electron chi connectivity index (χ2n) is 5.70. The van der Waals surface area contributed by atoms with Gasteiger partial charge < -0.3 is 14.8 Å². The molecule has 7 nitrogen and oxygen atoms in total. The fourth-order valence-corrected chi connectivity index (χ4v) is 2.61. The number of hydrogen-bond donors (Lipinski definition) is 1. The lowest BCUT2D eigenvalue weighted by molar-refractivity contribution is -0.383. The number of nitro groups is 1. The molecular weight excluding hydrogens is 322 g/mol. The van der Waals surface area contributed by atoms with Crippen LogP contribution in [0.5, 0.6) is 5.75 Å². The quantitative estimate of drug-likeness (QED) is 0.635. The Morgan fingerprint density at radius 3 is 2.76 bits per heavy atom. The minimum Gasteiger partial charge on any atom is -0.491 e. The van der Waals surface area contributed by atoms with Crippen LogP contribution in [0, 0.1) is 21.4 Å². The molecule has 1 aliphatic rings. The lowest BCUT2D eigenvalue weighted by Crippen LogP contribution is -2.16. The number of nitriles is 1. The lowest BCUT2D eigenvalue weighted by Gasteiger charge is -2.12. The molecule has 0 aliphatic carbocycles. The van der Waals surface area contributed by atoms with Crippen molar-refractivity contribution in [3.05, 3.63) is 58.1 Å². The van der Waals surface area contributed by atoms with Crippen LogP contribution in [0.3, 0.4) is 0 Å². The zero-order chi connectivity index (χ0) is 17.6. The molecule has 128 valence electrons. The summed E-state index contributed by atoms with van der Waals surface area (Å²) in [7, 11) is 0. The normalized spacial score (nSPS) is 16.2. The van der Waals surface area contributed by atoms with E-state index in [0.29, 0.717) is 18.0 Å². The maximum atomic E-state index is 11.2.